The number of phenolic OH excluding ortho intramolecular Hbond substituents is 1. The molecule has 2 aromatic carbocycles. The number of para-hydroxylation sites is 1. The van der Waals surface area contributed by atoms with E-state index in [0.717, 1.165) is 5.56 Å². The minimum Gasteiger partial charge on any atom is -0.508 e. The predicted molar refractivity (Wildman–Crippen MR) is 91.5 cm³/mol. The Morgan fingerprint density at radius 1 is 0.917 bits per heavy atom. The number of benzene rings is 2. The fourth-order valence-corrected chi connectivity index (χ4v) is 3.07. The zero-order valence-corrected chi connectivity index (χ0v) is 13.2. The lowest BCUT2D eigenvalue weighted by Gasteiger charge is -2.25. The van der Waals surface area contributed by atoms with Crippen LogP contribution < -0.4 is 0 Å². The summed E-state index contributed by atoms with van der Waals surface area (Å²) in [5.41, 5.74) is 1.35. The smallest absolute Gasteiger partial charge is 0.144 e. The van der Waals surface area contributed by atoms with E-state index in [0.29, 0.717) is 24.8 Å². The number of phenols is 1. The Kier molecular flexibility index (Phi) is 4.77. The predicted octanol–water partition coefficient (Wildman–Crippen LogP) is 3.47. The van der Waals surface area contributed by atoms with Gasteiger partial charge in [-0.3, -0.25) is 9.59 Å². The Morgan fingerprint density at radius 3 is 2.21 bits per heavy atom. The maximum absolute atomic E-state index is 12.4. The van der Waals surface area contributed by atoms with Crippen molar-refractivity contribution >= 4 is 11.6 Å². The number of aromatic hydroxyl groups is 1. The Labute approximate surface area is 141 Å². The van der Waals surface area contributed by atoms with Crippen molar-refractivity contribution in [1.82, 2.24) is 0 Å². The highest BCUT2D eigenvalue weighted by atomic mass is 16.3. The van der Waals surface area contributed by atoms with Gasteiger partial charge in [-0.15, -0.1) is 0 Å². The number of hydrogen-bond acceptors (Lipinski definition) is 3. The molecule has 1 saturated carbocycles. The summed E-state index contributed by atoms with van der Waals surface area (Å²) in [4.78, 5) is 24.7. The summed E-state index contributed by atoms with van der Waals surface area (Å²) >= 11 is 0. The highest BCUT2D eigenvalue weighted by molar-refractivity contribution is 6.05. The minimum atomic E-state index is -0.789. The monoisotopic (exact) mass is 318 g/mol. The SMILES string of the molecule is O=C1CCCC(=O)C1C(C#Cc1ccccc1)c1ccccc1O. The van der Waals surface area contributed by atoms with E-state index in [1.54, 1.807) is 24.3 Å². The lowest BCUT2D eigenvalue weighted by atomic mass is 9.75. The lowest BCUT2D eigenvalue weighted by molar-refractivity contribution is -0.135. The molecule has 0 heterocycles. The molecule has 0 spiro atoms. The van der Waals surface area contributed by atoms with Crippen molar-refractivity contribution in [2.45, 2.75) is 25.2 Å². The first-order valence-electron chi connectivity index (χ1n) is 8.07. The van der Waals surface area contributed by atoms with E-state index in [4.69, 9.17) is 0 Å². The van der Waals surface area contributed by atoms with E-state index in [9.17, 15) is 14.7 Å². The zero-order chi connectivity index (χ0) is 16.9. The Balaban J connectivity index is 2.05. The first-order chi connectivity index (χ1) is 11.7. The van der Waals surface area contributed by atoms with Gasteiger partial charge >= 0.3 is 0 Å². The summed E-state index contributed by atoms with van der Waals surface area (Å²) in [6, 6.07) is 16.2. The van der Waals surface area contributed by atoms with Crippen LogP contribution in [0.3, 0.4) is 0 Å². The van der Waals surface area contributed by atoms with Gasteiger partial charge in [-0.25, -0.2) is 0 Å². The van der Waals surface area contributed by atoms with Crippen LogP contribution in [0, 0.1) is 17.8 Å². The molecule has 1 N–H and O–H groups in total. The molecule has 3 rings (SSSR count). The molecule has 2 aromatic rings. The van der Waals surface area contributed by atoms with Gasteiger partial charge in [0, 0.05) is 24.0 Å². The number of ketones is 2. The molecule has 1 aliphatic rings. The second-order valence-electron chi connectivity index (χ2n) is 5.94. The average Bonchev–Trinajstić information content (AvgIpc) is 2.59. The molecular weight excluding hydrogens is 300 g/mol. The third-order valence-corrected chi connectivity index (χ3v) is 4.29. The number of Topliss-reactive ketones (excluding diaryl/α,β-unsaturated/α-hetero) is 2. The van der Waals surface area contributed by atoms with Gasteiger partial charge in [-0.1, -0.05) is 48.2 Å². The molecule has 1 unspecified atom stereocenters. The molecule has 1 fully saturated rings. The van der Waals surface area contributed by atoms with Crippen molar-refractivity contribution in [2.75, 3.05) is 0 Å². The lowest BCUT2D eigenvalue weighted by Crippen LogP contribution is -2.33. The van der Waals surface area contributed by atoms with E-state index in [1.165, 1.54) is 0 Å². The van der Waals surface area contributed by atoms with Gasteiger partial charge in [0.2, 0.25) is 0 Å². The summed E-state index contributed by atoms with van der Waals surface area (Å²) in [6.07, 6.45) is 1.40. The normalized spacial score (nSPS) is 16.3. The topological polar surface area (TPSA) is 54.4 Å². The van der Waals surface area contributed by atoms with Gasteiger partial charge in [-0.05, 0) is 24.6 Å². The molecular formula is C21H18O3. The van der Waals surface area contributed by atoms with Crippen molar-refractivity contribution in [3.8, 4) is 17.6 Å². The Bertz CT molecular complexity index is 796. The molecule has 120 valence electrons. The third kappa shape index (κ3) is 3.38. The van der Waals surface area contributed by atoms with Crippen LogP contribution in [0.2, 0.25) is 0 Å². The third-order valence-electron chi connectivity index (χ3n) is 4.29. The van der Waals surface area contributed by atoms with Crippen molar-refractivity contribution < 1.29 is 14.7 Å². The highest BCUT2D eigenvalue weighted by Crippen LogP contribution is 2.35. The van der Waals surface area contributed by atoms with Gasteiger partial charge in [0.1, 0.15) is 17.3 Å². The van der Waals surface area contributed by atoms with Crippen LogP contribution in [0.15, 0.2) is 54.6 Å². The molecule has 1 atom stereocenters. The molecule has 0 radical (unpaired) electrons. The largest absolute Gasteiger partial charge is 0.508 e. The van der Waals surface area contributed by atoms with Crippen molar-refractivity contribution in [3.63, 3.8) is 0 Å². The van der Waals surface area contributed by atoms with E-state index in [2.05, 4.69) is 11.8 Å². The number of hydrogen-bond donors (Lipinski definition) is 1. The molecule has 0 bridgehead atoms. The van der Waals surface area contributed by atoms with Crippen molar-refractivity contribution in [3.05, 3.63) is 65.7 Å². The summed E-state index contributed by atoms with van der Waals surface area (Å²) in [5.74, 6) is 4.61. The van der Waals surface area contributed by atoms with Crippen LogP contribution in [-0.4, -0.2) is 16.7 Å². The molecule has 0 aromatic heterocycles. The van der Waals surface area contributed by atoms with Gasteiger partial charge < -0.3 is 5.11 Å². The number of carbonyl (C=O) groups excluding carboxylic acids is 2. The van der Waals surface area contributed by atoms with E-state index >= 15 is 0 Å². The summed E-state index contributed by atoms with van der Waals surface area (Å²) < 4.78 is 0. The first-order valence-corrected chi connectivity index (χ1v) is 8.07. The summed E-state index contributed by atoms with van der Waals surface area (Å²) in [5, 5.41) is 10.2. The van der Waals surface area contributed by atoms with Crippen LogP contribution in [0.25, 0.3) is 0 Å². The van der Waals surface area contributed by atoms with Gasteiger partial charge in [-0.2, -0.15) is 0 Å². The zero-order valence-electron chi connectivity index (χ0n) is 13.2. The van der Waals surface area contributed by atoms with E-state index in [-0.39, 0.29) is 17.3 Å². The molecule has 3 nitrogen and oxygen atoms in total. The summed E-state index contributed by atoms with van der Waals surface area (Å²) in [7, 11) is 0. The quantitative estimate of drug-likeness (QED) is 0.681. The first kappa shape index (κ1) is 16.0. The molecule has 3 heteroatoms. The van der Waals surface area contributed by atoms with Gasteiger partial charge in [0.15, 0.2) is 0 Å². The second kappa shape index (κ2) is 7.14. The molecule has 0 amide bonds. The van der Waals surface area contributed by atoms with Crippen LogP contribution in [0.4, 0.5) is 0 Å². The van der Waals surface area contributed by atoms with Crippen molar-refractivity contribution in [2.24, 2.45) is 5.92 Å². The molecule has 0 aliphatic heterocycles. The molecule has 1 aliphatic carbocycles. The Morgan fingerprint density at radius 2 is 1.54 bits per heavy atom. The fourth-order valence-electron chi connectivity index (χ4n) is 3.07. The second-order valence-corrected chi connectivity index (χ2v) is 5.94. The average molecular weight is 318 g/mol. The Hall–Kier alpha value is -2.86. The van der Waals surface area contributed by atoms with E-state index in [1.807, 2.05) is 30.3 Å². The van der Waals surface area contributed by atoms with Crippen molar-refractivity contribution in [1.29, 1.82) is 0 Å². The van der Waals surface area contributed by atoms with Crippen LogP contribution in [-0.2, 0) is 9.59 Å². The van der Waals surface area contributed by atoms with E-state index < -0.39 is 11.8 Å². The molecule has 0 saturated heterocycles. The van der Waals surface area contributed by atoms with Crippen LogP contribution >= 0.6 is 0 Å². The maximum Gasteiger partial charge on any atom is 0.144 e. The fraction of sp³-hybridized carbons (Fsp3) is 0.238. The standard InChI is InChI=1S/C21H18O3/c22-18-10-5-4-9-16(18)17(14-13-15-7-2-1-3-8-15)21-19(23)11-6-12-20(21)24/h1-5,7-10,17,21-22H,6,11-12H2. The van der Waals surface area contributed by atoms with Crippen LogP contribution in [0.5, 0.6) is 5.75 Å². The summed E-state index contributed by atoms with van der Waals surface area (Å²) in [6.45, 7) is 0. The van der Waals surface area contributed by atoms with Gasteiger partial charge in [0.05, 0.1) is 11.8 Å². The minimum absolute atomic E-state index is 0.0658. The number of carbonyl (C=O) groups is 2. The highest BCUT2D eigenvalue weighted by Gasteiger charge is 2.37. The molecule has 24 heavy (non-hydrogen) atoms. The van der Waals surface area contributed by atoms with Gasteiger partial charge in [0.25, 0.3) is 0 Å². The maximum atomic E-state index is 12.4. The van der Waals surface area contributed by atoms with Crippen LogP contribution in [0.1, 0.15) is 36.3 Å². The number of rotatable bonds is 2.